The summed E-state index contributed by atoms with van der Waals surface area (Å²) in [5.41, 5.74) is 4.33. The van der Waals surface area contributed by atoms with Crippen LogP contribution in [0.5, 0.6) is 0 Å². The fourth-order valence-electron chi connectivity index (χ4n) is 0.807. The molecule has 1 aromatic rings. The summed E-state index contributed by atoms with van der Waals surface area (Å²) in [6.07, 6.45) is -1.53. The molecular formula is C7H5F2N3. The fourth-order valence-corrected chi connectivity index (χ4v) is 0.807. The number of nitrogens with zero attached hydrogens (tertiary/aromatic N) is 2. The normalized spacial score (nSPS) is 9.83. The molecule has 1 heterocycles. The average Bonchev–Trinajstić information content (AvgIpc) is 2.03. The third-order valence-corrected chi connectivity index (χ3v) is 1.35. The minimum Gasteiger partial charge on any atom is -0.398 e. The van der Waals surface area contributed by atoms with E-state index in [-0.39, 0.29) is 11.4 Å². The van der Waals surface area contributed by atoms with Crippen LogP contribution in [0.3, 0.4) is 0 Å². The van der Waals surface area contributed by atoms with Crippen molar-refractivity contribution in [1.29, 1.82) is 5.26 Å². The van der Waals surface area contributed by atoms with Gasteiger partial charge in [-0.1, -0.05) is 0 Å². The Kier molecular flexibility index (Phi) is 2.19. The van der Waals surface area contributed by atoms with E-state index in [0.29, 0.717) is 0 Å². The lowest BCUT2D eigenvalue weighted by atomic mass is 10.2. The summed E-state index contributed by atoms with van der Waals surface area (Å²) in [5.74, 6) is 0. The molecule has 5 heteroatoms. The molecule has 0 atom stereocenters. The molecule has 0 aliphatic carbocycles. The number of nitrogen functional groups attached to an aromatic ring is 1. The Balaban J connectivity index is 3.32. The van der Waals surface area contributed by atoms with E-state index < -0.39 is 12.0 Å². The SMILES string of the molecule is N#Cc1nccc(N)c1C(F)F. The summed E-state index contributed by atoms with van der Waals surface area (Å²) in [6.45, 7) is 0. The molecule has 0 aliphatic rings. The van der Waals surface area contributed by atoms with Gasteiger partial charge >= 0.3 is 0 Å². The topological polar surface area (TPSA) is 62.7 Å². The van der Waals surface area contributed by atoms with Crippen molar-refractivity contribution in [3.05, 3.63) is 23.5 Å². The number of halogens is 2. The largest absolute Gasteiger partial charge is 0.398 e. The second-order valence-corrected chi connectivity index (χ2v) is 2.07. The quantitative estimate of drug-likeness (QED) is 0.692. The smallest absolute Gasteiger partial charge is 0.268 e. The van der Waals surface area contributed by atoms with Crippen molar-refractivity contribution in [1.82, 2.24) is 4.98 Å². The number of alkyl halides is 2. The summed E-state index contributed by atoms with van der Waals surface area (Å²) in [7, 11) is 0. The monoisotopic (exact) mass is 169 g/mol. The summed E-state index contributed by atoms with van der Waals surface area (Å²) in [5, 5.41) is 8.39. The highest BCUT2D eigenvalue weighted by molar-refractivity contribution is 5.52. The minimum absolute atomic E-state index is 0.100. The van der Waals surface area contributed by atoms with Gasteiger partial charge in [-0.15, -0.1) is 0 Å². The van der Waals surface area contributed by atoms with Crippen LogP contribution in [0.15, 0.2) is 12.3 Å². The Bertz CT molecular complexity index is 330. The molecule has 0 saturated heterocycles. The van der Waals surface area contributed by atoms with Gasteiger partial charge in [0.15, 0.2) is 5.69 Å². The van der Waals surface area contributed by atoms with Crippen molar-refractivity contribution in [3.63, 3.8) is 0 Å². The Morgan fingerprint density at radius 1 is 1.58 bits per heavy atom. The predicted octanol–water partition coefficient (Wildman–Crippen LogP) is 1.47. The summed E-state index contributed by atoms with van der Waals surface area (Å²) >= 11 is 0. The van der Waals surface area contributed by atoms with Gasteiger partial charge in [-0.3, -0.25) is 0 Å². The number of hydrogen-bond donors (Lipinski definition) is 1. The predicted molar refractivity (Wildman–Crippen MR) is 38.3 cm³/mol. The molecule has 0 aliphatic heterocycles. The third-order valence-electron chi connectivity index (χ3n) is 1.35. The zero-order chi connectivity index (χ0) is 9.14. The van der Waals surface area contributed by atoms with Crippen molar-refractivity contribution in [2.24, 2.45) is 0 Å². The maximum atomic E-state index is 12.2. The van der Waals surface area contributed by atoms with Crippen LogP contribution in [0, 0.1) is 11.3 Å². The van der Waals surface area contributed by atoms with E-state index >= 15 is 0 Å². The zero-order valence-corrected chi connectivity index (χ0v) is 5.96. The summed E-state index contributed by atoms with van der Waals surface area (Å²) < 4.78 is 24.4. The van der Waals surface area contributed by atoms with E-state index in [4.69, 9.17) is 11.0 Å². The standard InChI is InChI=1S/C7H5F2N3/c8-7(9)6-4(11)1-2-12-5(6)3-10/h1-2,7H,(H2,11,12). The van der Waals surface area contributed by atoms with E-state index in [1.165, 1.54) is 12.3 Å². The lowest BCUT2D eigenvalue weighted by molar-refractivity contribution is 0.151. The number of hydrogen-bond acceptors (Lipinski definition) is 3. The molecule has 3 nitrogen and oxygen atoms in total. The van der Waals surface area contributed by atoms with Crippen molar-refractivity contribution < 1.29 is 8.78 Å². The maximum absolute atomic E-state index is 12.2. The zero-order valence-electron chi connectivity index (χ0n) is 5.96. The van der Waals surface area contributed by atoms with Crippen LogP contribution >= 0.6 is 0 Å². The Morgan fingerprint density at radius 3 is 2.67 bits per heavy atom. The molecule has 0 saturated carbocycles. The number of aromatic nitrogens is 1. The fraction of sp³-hybridized carbons (Fsp3) is 0.143. The van der Waals surface area contributed by atoms with Gasteiger partial charge in [0.2, 0.25) is 0 Å². The van der Waals surface area contributed by atoms with Crippen LogP contribution in [0.1, 0.15) is 17.7 Å². The molecule has 0 bridgehead atoms. The molecule has 62 valence electrons. The van der Waals surface area contributed by atoms with E-state index in [1.807, 2.05) is 0 Å². The second kappa shape index (κ2) is 3.13. The van der Waals surface area contributed by atoms with Crippen LogP contribution in [0.25, 0.3) is 0 Å². The third kappa shape index (κ3) is 1.32. The Hall–Kier alpha value is -1.70. The molecule has 0 spiro atoms. The number of nitriles is 1. The van der Waals surface area contributed by atoms with Crippen molar-refractivity contribution >= 4 is 5.69 Å². The van der Waals surface area contributed by atoms with E-state index in [2.05, 4.69) is 4.98 Å². The molecule has 12 heavy (non-hydrogen) atoms. The molecule has 0 aromatic carbocycles. The minimum atomic E-state index is -2.76. The lowest BCUT2D eigenvalue weighted by Gasteiger charge is -2.03. The molecule has 0 fully saturated rings. The summed E-state index contributed by atoms with van der Waals surface area (Å²) in [6, 6.07) is 2.79. The molecule has 0 radical (unpaired) electrons. The van der Waals surface area contributed by atoms with E-state index in [9.17, 15) is 8.78 Å². The molecule has 0 unspecified atom stereocenters. The van der Waals surface area contributed by atoms with Gasteiger partial charge in [0.25, 0.3) is 6.43 Å². The highest BCUT2D eigenvalue weighted by Gasteiger charge is 2.16. The number of anilines is 1. The molecule has 0 amide bonds. The van der Waals surface area contributed by atoms with Gasteiger partial charge in [-0.25, -0.2) is 13.8 Å². The van der Waals surface area contributed by atoms with Crippen molar-refractivity contribution in [2.45, 2.75) is 6.43 Å². The van der Waals surface area contributed by atoms with Gasteiger partial charge in [0.05, 0.1) is 5.56 Å². The van der Waals surface area contributed by atoms with Crippen molar-refractivity contribution in [3.8, 4) is 6.07 Å². The van der Waals surface area contributed by atoms with Crippen LogP contribution in [-0.2, 0) is 0 Å². The number of pyridine rings is 1. The van der Waals surface area contributed by atoms with Gasteiger partial charge < -0.3 is 5.73 Å². The Labute approximate surface area is 67.4 Å². The first-order chi connectivity index (χ1) is 5.66. The van der Waals surface area contributed by atoms with Crippen molar-refractivity contribution in [2.75, 3.05) is 5.73 Å². The first-order valence-corrected chi connectivity index (χ1v) is 3.09. The highest BCUT2D eigenvalue weighted by Crippen LogP contribution is 2.26. The van der Waals surface area contributed by atoms with Gasteiger partial charge in [0, 0.05) is 11.9 Å². The Morgan fingerprint density at radius 2 is 2.25 bits per heavy atom. The summed E-state index contributed by atoms with van der Waals surface area (Å²) in [4.78, 5) is 3.46. The molecule has 1 aromatic heterocycles. The molecule has 1 rings (SSSR count). The first-order valence-electron chi connectivity index (χ1n) is 3.09. The number of nitrogens with two attached hydrogens (primary N) is 1. The highest BCUT2D eigenvalue weighted by atomic mass is 19.3. The van der Waals surface area contributed by atoms with Gasteiger partial charge in [-0.05, 0) is 6.07 Å². The van der Waals surface area contributed by atoms with E-state index in [0.717, 1.165) is 0 Å². The van der Waals surface area contributed by atoms with Crippen LogP contribution in [0.4, 0.5) is 14.5 Å². The molecule has 2 N–H and O–H groups in total. The first kappa shape index (κ1) is 8.40. The average molecular weight is 169 g/mol. The lowest BCUT2D eigenvalue weighted by Crippen LogP contribution is -2.00. The molecular weight excluding hydrogens is 164 g/mol. The van der Waals surface area contributed by atoms with Crippen LogP contribution < -0.4 is 5.73 Å². The maximum Gasteiger partial charge on any atom is 0.268 e. The van der Waals surface area contributed by atoms with Gasteiger partial charge in [-0.2, -0.15) is 5.26 Å². The van der Waals surface area contributed by atoms with E-state index in [1.54, 1.807) is 6.07 Å². The van der Waals surface area contributed by atoms with Crippen LogP contribution in [0.2, 0.25) is 0 Å². The van der Waals surface area contributed by atoms with Crippen LogP contribution in [-0.4, -0.2) is 4.98 Å². The number of rotatable bonds is 1. The second-order valence-electron chi connectivity index (χ2n) is 2.07. The van der Waals surface area contributed by atoms with Gasteiger partial charge in [0.1, 0.15) is 6.07 Å².